The summed E-state index contributed by atoms with van der Waals surface area (Å²) in [6.07, 6.45) is -0.966. The summed E-state index contributed by atoms with van der Waals surface area (Å²) in [4.78, 5) is 23.9. The third-order valence-electron chi connectivity index (χ3n) is 2.00. The summed E-state index contributed by atoms with van der Waals surface area (Å²) in [5.41, 5.74) is 0.424. The summed E-state index contributed by atoms with van der Waals surface area (Å²) in [5.74, 6) is 0.0631. The molecule has 0 aliphatic rings. The number of benzene rings is 1. The van der Waals surface area contributed by atoms with E-state index in [0.717, 1.165) is 4.90 Å². The lowest BCUT2D eigenvalue weighted by Crippen LogP contribution is -2.36. The number of aromatic hydroxyl groups is 1. The van der Waals surface area contributed by atoms with Gasteiger partial charge in [0.05, 0.1) is 6.10 Å². The largest absolute Gasteiger partial charge is 0.508 e. The van der Waals surface area contributed by atoms with Gasteiger partial charge >= 0.3 is 6.09 Å². The van der Waals surface area contributed by atoms with E-state index < -0.39 is 11.3 Å². The van der Waals surface area contributed by atoms with Gasteiger partial charge in [0.15, 0.2) is 0 Å². The Bertz CT molecular complexity index is 434. The lowest BCUT2D eigenvalue weighted by Gasteiger charge is -2.21. The Kier molecular flexibility index (Phi) is 7.26. The molecule has 5 nitrogen and oxygen atoms in total. The average molecular weight is 308 g/mol. The third kappa shape index (κ3) is 5.81. The Labute approximate surface area is 122 Å². The Balaban J connectivity index is 0.00000324. The van der Waals surface area contributed by atoms with Crippen LogP contribution >= 0.6 is 24.0 Å². The molecule has 1 N–H and O–H groups in total. The number of carbonyl (C=O) groups is 2. The third-order valence-corrected chi connectivity index (χ3v) is 2.12. The highest BCUT2D eigenvalue weighted by molar-refractivity contribution is 6.64. The predicted molar refractivity (Wildman–Crippen MR) is 75.2 cm³/mol. The number of nitrogens with zero attached hydrogens (tertiary/aromatic N) is 1. The molecule has 0 spiro atoms. The molecule has 0 saturated heterocycles. The Morgan fingerprint density at radius 2 is 1.84 bits per heavy atom. The van der Waals surface area contributed by atoms with E-state index in [1.165, 1.54) is 24.3 Å². The fraction of sp³-hybridized carbons (Fsp3) is 0.333. The summed E-state index contributed by atoms with van der Waals surface area (Å²) in [6.45, 7) is 3.11. The van der Waals surface area contributed by atoms with Crippen LogP contribution in [0.2, 0.25) is 0 Å². The maximum absolute atomic E-state index is 11.8. The van der Waals surface area contributed by atoms with E-state index in [4.69, 9.17) is 16.3 Å². The molecule has 1 rings (SSSR count). The fourth-order valence-electron chi connectivity index (χ4n) is 1.28. The highest BCUT2D eigenvalue weighted by Gasteiger charge is 2.20. The molecule has 0 bridgehead atoms. The second-order valence-corrected chi connectivity index (χ2v) is 4.31. The van der Waals surface area contributed by atoms with E-state index in [1.54, 1.807) is 13.8 Å². The minimum absolute atomic E-state index is 0. The van der Waals surface area contributed by atoms with Crippen molar-refractivity contribution in [2.45, 2.75) is 20.0 Å². The fourth-order valence-corrected chi connectivity index (χ4v) is 1.40. The quantitative estimate of drug-likeness (QED) is 0.869. The van der Waals surface area contributed by atoms with Gasteiger partial charge in [0.2, 0.25) is 5.24 Å². The van der Waals surface area contributed by atoms with Crippen molar-refractivity contribution in [2.75, 3.05) is 11.4 Å². The molecule has 7 heteroatoms. The number of ether oxygens (including phenoxy) is 1. The normalized spacial score (nSPS) is 9.68. The lowest BCUT2D eigenvalue weighted by atomic mass is 10.3. The van der Waals surface area contributed by atoms with Crippen LogP contribution in [0.15, 0.2) is 24.3 Å². The van der Waals surface area contributed by atoms with Gasteiger partial charge in [-0.2, -0.15) is 0 Å². The highest BCUT2D eigenvalue weighted by atomic mass is 35.5. The van der Waals surface area contributed by atoms with Crippen LogP contribution in [0.1, 0.15) is 13.8 Å². The molecule has 1 amide bonds. The molecule has 1 aromatic rings. The minimum atomic E-state index is -0.677. The predicted octanol–water partition coefficient (Wildman–Crippen LogP) is 2.93. The molecule has 1 aromatic carbocycles. The van der Waals surface area contributed by atoms with Crippen molar-refractivity contribution >= 4 is 41.0 Å². The first-order valence-electron chi connectivity index (χ1n) is 5.35. The van der Waals surface area contributed by atoms with E-state index >= 15 is 0 Å². The van der Waals surface area contributed by atoms with Crippen molar-refractivity contribution in [1.29, 1.82) is 0 Å². The number of carbonyl (C=O) groups excluding carboxylic acids is 2. The smallest absolute Gasteiger partial charge is 0.414 e. The Morgan fingerprint density at radius 3 is 2.26 bits per heavy atom. The maximum atomic E-state index is 11.8. The molecule has 0 aliphatic heterocycles. The number of hydrogen-bond donors (Lipinski definition) is 1. The number of halogens is 2. The van der Waals surface area contributed by atoms with Gasteiger partial charge < -0.3 is 9.84 Å². The average Bonchev–Trinajstić information content (AvgIpc) is 2.26. The van der Waals surface area contributed by atoms with Gasteiger partial charge in [-0.3, -0.25) is 9.69 Å². The lowest BCUT2D eigenvalue weighted by molar-refractivity contribution is -0.110. The SMILES string of the molecule is CC(C)OC(=O)N(CC(=O)Cl)c1ccc(O)cc1.Cl. The van der Waals surface area contributed by atoms with Crippen LogP contribution in [0, 0.1) is 0 Å². The Hall–Kier alpha value is -1.46. The molecule has 0 aromatic heterocycles. The molecule has 0 saturated carbocycles. The summed E-state index contributed by atoms with van der Waals surface area (Å²) < 4.78 is 5.01. The van der Waals surface area contributed by atoms with Crippen LogP contribution in [0.5, 0.6) is 5.75 Å². The zero-order chi connectivity index (χ0) is 13.7. The first kappa shape index (κ1) is 17.5. The van der Waals surface area contributed by atoms with E-state index in [2.05, 4.69) is 0 Å². The molecule has 0 unspecified atom stereocenters. The molecular weight excluding hydrogens is 293 g/mol. The number of phenols is 1. The van der Waals surface area contributed by atoms with Crippen LogP contribution < -0.4 is 4.90 Å². The zero-order valence-electron chi connectivity index (χ0n) is 10.5. The van der Waals surface area contributed by atoms with Gasteiger partial charge in [-0.15, -0.1) is 12.4 Å². The minimum Gasteiger partial charge on any atom is -0.508 e. The van der Waals surface area contributed by atoms with Crippen LogP contribution in [-0.2, 0) is 9.53 Å². The van der Waals surface area contributed by atoms with Crippen molar-refractivity contribution in [3.8, 4) is 5.75 Å². The summed E-state index contributed by atoms with van der Waals surface area (Å²) >= 11 is 5.30. The van der Waals surface area contributed by atoms with Gasteiger partial charge in [0.1, 0.15) is 12.3 Å². The molecule has 0 heterocycles. The molecule has 19 heavy (non-hydrogen) atoms. The van der Waals surface area contributed by atoms with Crippen LogP contribution in [0.4, 0.5) is 10.5 Å². The molecule has 0 aliphatic carbocycles. The summed E-state index contributed by atoms with van der Waals surface area (Å²) in [6, 6.07) is 5.81. The van der Waals surface area contributed by atoms with Crippen LogP contribution in [0.25, 0.3) is 0 Å². The first-order chi connectivity index (χ1) is 8.40. The highest BCUT2D eigenvalue weighted by Crippen LogP contribution is 2.19. The summed E-state index contributed by atoms with van der Waals surface area (Å²) in [5, 5.41) is 8.50. The molecular formula is C12H15Cl2NO4. The van der Waals surface area contributed by atoms with E-state index in [0.29, 0.717) is 5.69 Å². The van der Waals surface area contributed by atoms with Gasteiger partial charge in [0, 0.05) is 5.69 Å². The topological polar surface area (TPSA) is 66.8 Å². The number of rotatable bonds is 4. The molecule has 0 fully saturated rings. The van der Waals surface area contributed by atoms with E-state index in [9.17, 15) is 14.7 Å². The van der Waals surface area contributed by atoms with Crippen LogP contribution in [-0.4, -0.2) is 29.1 Å². The van der Waals surface area contributed by atoms with Crippen molar-refractivity contribution in [2.24, 2.45) is 0 Å². The van der Waals surface area contributed by atoms with Crippen molar-refractivity contribution < 1.29 is 19.4 Å². The molecule has 106 valence electrons. The van der Waals surface area contributed by atoms with Gasteiger partial charge in [0.25, 0.3) is 0 Å². The van der Waals surface area contributed by atoms with Gasteiger partial charge in [-0.05, 0) is 49.7 Å². The van der Waals surface area contributed by atoms with E-state index in [1.807, 2.05) is 0 Å². The molecule has 0 radical (unpaired) electrons. The van der Waals surface area contributed by atoms with Crippen LogP contribution in [0.3, 0.4) is 0 Å². The number of anilines is 1. The summed E-state index contributed by atoms with van der Waals surface area (Å²) in [7, 11) is 0. The van der Waals surface area contributed by atoms with E-state index in [-0.39, 0.29) is 30.8 Å². The van der Waals surface area contributed by atoms with Gasteiger partial charge in [-0.1, -0.05) is 0 Å². The van der Waals surface area contributed by atoms with Crippen molar-refractivity contribution in [3.63, 3.8) is 0 Å². The van der Waals surface area contributed by atoms with Gasteiger partial charge in [-0.25, -0.2) is 4.79 Å². The van der Waals surface area contributed by atoms with Crippen molar-refractivity contribution in [1.82, 2.24) is 0 Å². The first-order valence-corrected chi connectivity index (χ1v) is 5.73. The number of amides is 1. The number of phenolic OH excluding ortho intramolecular Hbond substituents is 1. The second-order valence-electron chi connectivity index (χ2n) is 3.89. The van der Waals surface area contributed by atoms with Crippen molar-refractivity contribution in [3.05, 3.63) is 24.3 Å². The Morgan fingerprint density at radius 1 is 1.32 bits per heavy atom. The second kappa shape index (κ2) is 7.86. The number of hydrogen-bond acceptors (Lipinski definition) is 4. The zero-order valence-corrected chi connectivity index (χ0v) is 12.1. The molecule has 0 atom stereocenters. The monoisotopic (exact) mass is 307 g/mol. The standard InChI is InChI=1S/C12H14ClNO4.ClH/c1-8(2)18-12(17)14(7-11(13)16)9-3-5-10(15)6-4-9;/h3-6,8,15H,7H2,1-2H3;1H. The maximum Gasteiger partial charge on any atom is 0.414 e.